The largest absolute Gasteiger partial charge is 0.444 e. The van der Waals surface area contributed by atoms with Crippen LogP contribution in [0.2, 0.25) is 0 Å². The van der Waals surface area contributed by atoms with E-state index < -0.39 is 11.4 Å². The molecule has 0 radical (unpaired) electrons. The fourth-order valence-corrected chi connectivity index (χ4v) is 3.62. The van der Waals surface area contributed by atoms with Gasteiger partial charge in [0, 0.05) is 37.2 Å². The zero-order valence-electron chi connectivity index (χ0n) is 17.9. The number of rotatable bonds is 4. The minimum atomic E-state index is -0.535. The van der Waals surface area contributed by atoms with E-state index in [2.05, 4.69) is 5.32 Å². The van der Waals surface area contributed by atoms with E-state index in [1.165, 1.54) is 12.1 Å². The number of carbonyl (C=O) groups excluding carboxylic acids is 1. The summed E-state index contributed by atoms with van der Waals surface area (Å²) in [5.74, 6) is -0.535. The molecule has 8 heteroatoms. The average Bonchev–Trinajstić information content (AvgIpc) is 2.69. The van der Waals surface area contributed by atoms with Gasteiger partial charge in [0.1, 0.15) is 17.5 Å². The summed E-state index contributed by atoms with van der Waals surface area (Å²) in [6.45, 7) is 8.65. The quantitative estimate of drug-likeness (QED) is 0.797. The van der Waals surface area contributed by atoms with Gasteiger partial charge in [0.15, 0.2) is 6.29 Å². The Morgan fingerprint density at radius 3 is 2.57 bits per heavy atom. The molecule has 1 aromatic carbocycles. The summed E-state index contributed by atoms with van der Waals surface area (Å²) in [5, 5.41) is 11.9. The highest BCUT2D eigenvalue weighted by Crippen LogP contribution is 2.36. The van der Waals surface area contributed by atoms with Crippen molar-refractivity contribution in [2.24, 2.45) is 5.41 Å². The van der Waals surface area contributed by atoms with Crippen molar-refractivity contribution in [3.8, 4) is 6.07 Å². The van der Waals surface area contributed by atoms with Crippen molar-refractivity contribution in [3.05, 3.63) is 29.6 Å². The second-order valence-electron chi connectivity index (χ2n) is 9.04. The van der Waals surface area contributed by atoms with E-state index in [0.29, 0.717) is 45.0 Å². The molecule has 2 aliphatic heterocycles. The van der Waals surface area contributed by atoms with Crippen LogP contribution in [0.4, 0.5) is 14.9 Å². The number of nitrogens with one attached hydrogen (secondary N) is 1. The van der Waals surface area contributed by atoms with Crippen molar-refractivity contribution >= 4 is 11.8 Å². The van der Waals surface area contributed by atoms with Gasteiger partial charge in [0.05, 0.1) is 18.8 Å². The molecular weight excluding hydrogens is 389 g/mol. The first-order chi connectivity index (χ1) is 14.2. The molecule has 1 N–H and O–H groups in total. The number of piperidine rings is 1. The van der Waals surface area contributed by atoms with Crippen LogP contribution in [-0.4, -0.2) is 55.7 Å². The highest BCUT2D eigenvalue weighted by molar-refractivity contribution is 5.68. The molecule has 7 nitrogen and oxygen atoms in total. The molecule has 30 heavy (non-hydrogen) atoms. The molecule has 164 valence electrons. The third-order valence-electron chi connectivity index (χ3n) is 5.43. The van der Waals surface area contributed by atoms with Crippen LogP contribution in [0.15, 0.2) is 18.2 Å². The van der Waals surface area contributed by atoms with Crippen LogP contribution in [0.25, 0.3) is 0 Å². The van der Waals surface area contributed by atoms with Gasteiger partial charge in [-0.2, -0.15) is 5.26 Å². The molecule has 0 saturated carbocycles. The van der Waals surface area contributed by atoms with Crippen molar-refractivity contribution in [2.45, 2.75) is 51.9 Å². The summed E-state index contributed by atoms with van der Waals surface area (Å²) in [5.41, 5.74) is 0.100. The number of benzene rings is 1. The zero-order chi connectivity index (χ0) is 21.8. The van der Waals surface area contributed by atoms with Gasteiger partial charge < -0.3 is 24.4 Å². The lowest BCUT2D eigenvalue weighted by atomic mass is 9.79. The van der Waals surface area contributed by atoms with Crippen LogP contribution < -0.4 is 5.32 Å². The monoisotopic (exact) mass is 419 g/mol. The maximum Gasteiger partial charge on any atom is 0.410 e. The summed E-state index contributed by atoms with van der Waals surface area (Å²) in [4.78, 5) is 14.0. The van der Waals surface area contributed by atoms with Crippen LogP contribution in [-0.2, 0) is 14.2 Å². The Hall–Kier alpha value is -2.37. The highest BCUT2D eigenvalue weighted by Gasteiger charge is 2.41. The van der Waals surface area contributed by atoms with Crippen LogP contribution in [0, 0.1) is 22.6 Å². The Labute approximate surface area is 177 Å². The smallest absolute Gasteiger partial charge is 0.410 e. The van der Waals surface area contributed by atoms with Crippen molar-refractivity contribution < 1.29 is 23.4 Å². The number of anilines is 1. The molecule has 2 heterocycles. The van der Waals surface area contributed by atoms with E-state index in [0.717, 1.165) is 12.8 Å². The molecular formula is C22H30FN3O4. The minimum absolute atomic E-state index is 0.0301. The molecule has 0 unspecified atom stereocenters. The summed E-state index contributed by atoms with van der Waals surface area (Å²) >= 11 is 0. The molecule has 1 aromatic rings. The second-order valence-corrected chi connectivity index (χ2v) is 9.04. The number of halogens is 1. The summed E-state index contributed by atoms with van der Waals surface area (Å²) in [6, 6.07) is 6.26. The SMILES string of the molecule is CC(C)(C)OC(=O)N1CCC2(CC1)COC(CCNc1ccc(C#N)c(F)c1)OC2. The number of likely N-dealkylation sites (tertiary alicyclic amines) is 1. The average molecular weight is 419 g/mol. The summed E-state index contributed by atoms with van der Waals surface area (Å²) < 4.78 is 31.0. The van der Waals surface area contributed by atoms with E-state index in [9.17, 15) is 9.18 Å². The molecule has 0 aromatic heterocycles. The number of nitriles is 1. The fraction of sp³-hybridized carbons (Fsp3) is 0.636. The lowest BCUT2D eigenvalue weighted by Gasteiger charge is -2.45. The number of hydrogen-bond acceptors (Lipinski definition) is 6. The molecule has 2 saturated heterocycles. The van der Waals surface area contributed by atoms with Gasteiger partial charge >= 0.3 is 6.09 Å². The molecule has 3 rings (SSSR count). The van der Waals surface area contributed by atoms with E-state index in [4.69, 9.17) is 19.5 Å². The predicted octanol–water partition coefficient (Wildman–Crippen LogP) is 3.89. The number of hydrogen-bond donors (Lipinski definition) is 1. The standard InChI is InChI=1S/C22H30FN3O4/c1-21(2,3)30-20(27)26-10-7-22(8-11-26)14-28-19(29-15-22)6-9-25-17-5-4-16(13-24)18(23)12-17/h4-5,12,19,25H,6-11,14-15H2,1-3H3. The van der Waals surface area contributed by atoms with E-state index >= 15 is 0 Å². The maximum absolute atomic E-state index is 13.6. The highest BCUT2D eigenvalue weighted by atomic mass is 19.1. The van der Waals surface area contributed by atoms with Gasteiger partial charge in [-0.25, -0.2) is 9.18 Å². The van der Waals surface area contributed by atoms with E-state index in [1.807, 2.05) is 20.8 Å². The Kier molecular flexibility index (Phi) is 6.84. The van der Waals surface area contributed by atoms with Gasteiger partial charge in [-0.3, -0.25) is 0 Å². The minimum Gasteiger partial charge on any atom is -0.444 e. The van der Waals surface area contributed by atoms with Crippen LogP contribution >= 0.6 is 0 Å². The third-order valence-corrected chi connectivity index (χ3v) is 5.43. The first-order valence-corrected chi connectivity index (χ1v) is 10.3. The van der Waals surface area contributed by atoms with Crippen molar-refractivity contribution in [1.29, 1.82) is 5.26 Å². The van der Waals surface area contributed by atoms with Crippen LogP contribution in [0.3, 0.4) is 0 Å². The van der Waals surface area contributed by atoms with Gasteiger partial charge in [-0.1, -0.05) is 0 Å². The summed E-state index contributed by atoms with van der Waals surface area (Å²) in [7, 11) is 0. The van der Waals surface area contributed by atoms with Crippen LogP contribution in [0.5, 0.6) is 0 Å². The molecule has 1 spiro atoms. The summed E-state index contributed by atoms with van der Waals surface area (Å²) in [6.07, 6.45) is 1.69. The lowest BCUT2D eigenvalue weighted by Crippen LogP contribution is -2.51. The van der Waals surface area contributed by atoms with Gasteiger partial charge in [-0.15, -0.1) is 0 Å². The topological polar surface area (TPSA) is 83.8 Å². The normalized spacial score (nSPS) is 19.4. The molecule has 0 aliphatic carbocycles. The predicted molar refractivity (Wildman–Crippen MR) is 109 cm³/mol. The Bertz CT molecular complexity index is 785. The zero-order valence-corrected chi connectivity index (χ0v) is 17.9. The first kappa shape index (κ1) is 22.3. The number of ether oxygens (including phenoxy) is 3. The lowest BCUT2D eigenvalue weighted by molar-refractivity contribution is -0.237. The second kappa shape index (κ2) is 9.19. The van der Waals surface area contributed by atoms with E-state index in [-0.39, 0.29) is 23.4 Å². The Morgan fingerprint density at radius 1 is 1.33 bits per heavy atom. The van der Waals surface area contributed by atoms with Gasteiger partial charge in [0.25, 0.3) is 0 Å². The molecule has 2 fully saturated rings. The van der Waals surface area contributed by atoms with Gasteiger partial charge in [0.2, 0.25) is 0 Å². The van der Waals surface area contributed by atoms with Crippen molar-refractivity contribution in [2.75, 3.05) is 38.2 Å². The van der Waals surface area contributed by atoms with Crippen molar-refractivity contribution in [3.63, 3.8) is 0 Å². The molecule has 0 bridgehead atoms. The van der Waals surface area contributed by atoms with Crippen molar-refractivity contribution in [1.82, 2.24) is 4.90 Å². The van der Waals surface area contributed by atoms with Crippen LogP contribution in [0.1, 0.15) is 45.6 Å². The van der Waals surface area contributed by atoms with Gasteiger partial charge in [-0.05, 0) is 51.8 Å². The Balaban J connectivity index is 1.38. The first-order valence-electron chi connectivity index (χ1n) is 10.3. The molecule has 0 atom stereocenters. The van der Waals surface area contributed by atoms with E-state index in [1.54, 1.807) is 17.0 Å². The fourth-order valence-electron chi connectivity index (χ4n) is 3.62. The maximum atomic E-state index is 13.6. The molecule has 1 amide bonds. The molecule has 2 aliphatic rings. The number of carbonyl (C=O) groups is 1. The number of amides is 1. The Morgan fingerprint density at radius 2 is 2.00 bits per heavy atom. The third kappa shape index (κ3) is 5.83. The number of nitrogens with zero attached hydrogens (tertiary/aromatic N) is 2.